The molecule has 0 heterocycles. The van der Waals surface area contributed by atoms with Crippen LogP contribution in [0, 0.1) is 0 Å². The summed E-state index contributed by atoms with van der Waals surface area (Å²) in [6.45, 7) is 3.99. The van der Waals surface area contributed by atoms with Gasteiger partial charge in [0.25, 0.3) is 0 Å². The largest absolute Gasteiger partial charge is 0.497 e. The van der Waals surface area contributed by atoms with Crippen LogP contribution in [0.5, 0.6) is 5.75 Å². The molecule has 2 nitrogen and oxygen atoms in total. The Labute approximate surface area is 115 Å². The fourth-order valence-electron chi connectivity index (χ4n) is 2.16. The fourth-order valence-corrected chi connectivity index (χ4v) is 2.16. The van der Waals surface area contributed by atoms with Crippen LogP contribution in [0.4, 0.5) is 0 Å². The Bertz CT molecular complexity index is 505. The summed E-state index contributed by atoms with van der Waals surface area (Å²) in [7, 11) is 1.69. The van der Waals surface area contributed by atoms with Crippen molar-refractivity contribution in [2.45, 2.75) is 26.4 Å². The third kappa shape index (κ3) is 3.83. The summed E-state index contributed by atoms with van der Waals surface area (Å²) in [5.74, 6) is 0.903. The Morgan fingerprint density at radius 3 is 2.21 bits per heavy atom. The van der Waals surface area contributed by atoms with Crippen LogP contribution in [0.15, 0.2) is 48.5 Å². The number of ether oxygens (including phenoxy) is 1. The zero-order valence-electron chi connectivity index (χ0n) is 11.6. The van der Waals surface area contributed by atoms with Crippen molar-refractivity contribution < 1.29 is 4.74 Å². The molecule has 2 aromatic rings. The molecule has 0 aliphatic heterocycles. The van der Waals surface area contributed by atoms with Gasteiger partial charge in [-0.25, -0.2) is 0 Å². The number of nitrogens with one attached hydrogen (secondary N) is 1. The topological polar surface area (TPSA) is 21.3 Å². The van der Waals surface area contributed by atoms with Crippen LogP contribution in [0.25, 0.3) is 0 Å². The summed E-state index contributed by atoms with van der Waals surface area (Å²) in [4.78, 5) is 0. The van der Waals surface area contributed by atoms with Crippen molar-refractivity contribution in [2.75, 3.05) is 7.11 Å². The van der Waals surface area contributed by atoms with E-state index in [9.17, 15) is 0 Å². The van der Waals surface area contributed by atoms with E-state index in [1.807, 2.05) is 12.1 Å². The van der Waals surface area contributed by atoms with Crippen molar-refractivity contribution in [1.29, 1.82) is 0 Å². The highest BCUT2D eigenvalue weighted by Crippen LogP contribution is 2.12. The van der Waals surface area contributed by atoms with E-state index in [0.717, 1.165) is 25.3 Å². The molecule has 0 saturated heterocycles. The van der Waals surface area contributed by atoms with Crippen LogP contribution in [0.2, 0.25) is 0 Å². The number of hydrogen-bond acceptors (Lipinski definition) is 2. The lowest BCUT2D eigenvalue weighted by Gasteiger charge is -2.09. The Morgan fingerprint density at radius 1 is 0.895 bits per heavy atom. The molecule has 19 heavy (non-hydrogen) atoms. The van der Waals surface area contributed by atoms with Crippen molar-refractivity contribution in [3.05, 3.63) is 65.2 Å². The van der Waals surface area contributed by atoms with Crippen LogP contribution in [-0.4, -0.2) is 7.11 Å². The Morgan fingerprint density at radius 2 is 1.58 bits per heavy atom. The SMILES string of the molecule is CCc1ccccc1CNCc1ccc(OC)cc1. The third-order valence-corrected chi connectivity index (χ3v) is 3.30. The van der Waals surface area contributed by atoms with Crippen LogP contribution in [0.3, 0.4) is 0 Å². The summed E-state index contributed by atoms with van der Waals surface area (Å²) in [6.07, 6.45) is 1.08. The predicted molar refractivity (Wildman–Crippen MR) is 79.4 cm³/mol. The molecule has 2 aromatic carbocycles. The molecule has 2 heteroatoms. The minimum absolute atomic E-state index is 0.877. The molecule has 0 aliphatic rings. The first-order valence-corrected chi connectivity index (χ1v) is 6.74. The molecule has 0 saturated carbocycles. The number of aryl methyl sites for hydroxylation is 1. The van der Waals surface area contributed by atoms with Gasteiger partial charge in [0.05, 0.1) is 7.11 Å². The van der Waals surface area contributed by atoms with Gasteiger partial charge in [-0.05, 0) is 35.2 Å². The van der Waals surface area contributed by atoms with Crippen LogP contribution < -0.4 is 10.1 Å². The van der Waals surface area contributed by atoms with Crippen LogP contribution >= 0.6 is 0 Å². The minimum Gasteiger partial charge on any atom is -0.497 e. The van der Waals surface area contributed by atoms with Gasteiger partial charge in [0, 0.05) is 13.1 Å². The Balaban J connectivity index is 1.88. The lowest BCUT2D eigenvalue weighted by Crippen LogP contribution is -2.13. The van der Waals surface area contributed by atoms with Gasteiger partial charge in [-0.1, -0.05) is 43.3 Å². The van der Waals surface area contributed by atoms with E-state index >= 15 is 0 Å². The van der Waals surface area contributed by atoms with Gasteiger partial charge >= 0.3 is 0 Å². The summed E-state index contributed by atoms with van der Waals surface area (Å²) < 4.78 is 5.15. The van der Waals surface area contributed by atoms with Crippen molar-refractivity contribution in [3.8, 4) is 5.75 Å². The number of rotatable bonds is 6. The van der Waals surface area contributed by atoms with Gasteiger partial charge < -0.3 is 10.1 Å². The molecule has 0 aliphatic carbocycles. The summed E-state index contributed by atoms with van der Waals surface area (Å²) in [6, 6.07) is 16.8. The maximum atomic E-state index is 5.15. The highest BCUT2D eigenvalue weighted by molar-refractivity contribution is 5.28. The van der Waals surface area contributed by atoms with E-state index in [1.165, 1.54) is 16.7 Å². The maximum Gasteiger partial charge on any atom is 0.118 e. The molecule has 0 fully saturated rings. The first-order valence-electron chi connectivity index (χ1n) is 6.74. The first-order chi connectivity index (χ1) is 9.33. The van der Waals surface area contributed by atoms with E-state index in [2.05, 4.69) is 48.6 Å². The molecular formula is C17H21NO. The van der Waals surface area contributed by atoms with Gasteiger partial charge in [0.2, 0.25) is 0 Å². The number of benzene rings is 2. The molecular weight excluding hydrogens is 234 g/mol. The molecule has 0 atom stereocenters. The number of methoxy groups -OCH3 is 1. The monoisotopic (exact) mass is 255 g/mol. The van der Waals surface area contributed by atoms with E-state index in [-0.39, 0.29) is 0 Å². The lowest BCUT2D eigenvalue weighted by atomic mass is 10.1. The van der Waals surface area contributed by atoms with Gasteiger partial charge in [-0.15, -0.1) is 0 Å². The van der Waals surface area contributed by atoms with Crippen LogP contribution in [0.1, 0.15) is 23.6 Å². The number of hydrogen-bond donors (Lipinski definition) is 1. The first kappa shape index (κ1) is 13.6. The molecule has 100 valence electrons. The molecule has 1 N–H and O–H groups in total. The zero-order chi connectivity index (χ0) is 13.5. The summed E-state index contributed by atoms with van der Waals surface area (Å²) in [5.41, 5.74) is 4.08. The van der Waals surface area contributed by atoms with Gasteiger partial charge in [-0.3, -0.25) is 0 Å². The van der Waals surface area contributed by atoms with Crippen LogP contribution in [-0.2, 0) is 19.5 Å². The van der Waals surface area contributed by atoms with Crippen molar-refractivity contribution in [3.63, 3.8) is 0 Å². The molecule has 0 amide bonds. The van der Waals surface area contributed by atoms with Gasteiger partial charge in [-0.2, -0.15) is 0 Å². The van der Waals surface area contributed by atoms with E-state index in [0.29, 0.717) is 0 Å². The standard InChI is InChI=1S/C17H21NO/c1-3-15-6-4-5-7-16(15)13-18-12-14-8-10-17(19-2)11-9-14/h4-11,18H,3,12-13H2,1-2H3. The molecule has 0 bridgehead atoms. The fraction of sp³-hybridized carbons (Fsp3) is 0.294. The Hall–Kier alpha value is -1.80. The Kier molecular flexibility index (Phi) is 4.99. The normalized spacial score (nSPS) is 10.4. The van der Waals surface area contributed by atoms with E-state index < -0.39 is 0 Å². The van der Waals surface area contributed by atoms with E-state index in [4.69, 9.17) is 4.74 Å². The molecule has 0 aromatic heterocycles. The molecule has 0 spiro atoms. The molecule has 0 unspecified atom stereocenters. The maximum absolute atomic E-state index is 5.15. The van der Waals surface area contributed by atoms with Crippen molar-refractivity contribution >= 4 is 0 Å². The molecule has 0 radical (unpaired) electrons. The lowest BCUT2D eigenvalue weighted by molar-refractivity contribution is 0.414. The van der Waals surface area contributed by atoms with Gasteiger partial charge in [0.15, 0.2) is 0 Å². The second-order valence-corrected chi connectivity index (χ2v) is 4.57. The predicted octanol–water partition coefficient (Wildman–Crippen LogP) is 3.55. The average molecular weight is 255 g/mol. The zero-order valence-corrected chi connectivity index (χ0v) is 11.6. The van der Waals surface area contributed by atoms with E-state index in [1.54, 1.807) is 7.11 Å². The molecule has 2 rings (SSSR count). The van der Waals surface area contributed by atoms with Crippen molar-refractivity contribution in [1.82, 2.24) is 5.32 Å². The quantitative estimate of drug-likeness (QED) is 0.852. The minimum atomic E-state index is 0.877. The second kappa shape index (κ2) is 6.95. The average Bonchev–Trinajstić information content (AvgIpc) is 2.48. The highest BCUT2D eigenvalue weighted by Gasteiger charge is 1.99. The summed E-state index contributed by atoms with van der Waals surface area (Å²) in [5, 5.41) is 3.49. The smallest absolute Gasteiger partial charge is 0.118 e. The second-order valence-electron chi connectivity index (χ2n) is 4.57. The third-order valence-electron chi connectivity index (χ3n) is 3.30. The van der Waals surface area contributed by atoms with Gasteiger partial charge in [0.1, 0.15) is 5.75 Å². The summed E-state index contributed by atoms with van der Waals surface area (Å²) >= 11 is 0. The van der Waals surface area contributed by atoms with Crippen molar-refractivity contribution in [2.24, 2.45) is 0 Å². The highest BCUT2D eigenvalue weighted by atomic mass is 16.5.